The fourth-order valence-electron chi connectivity index (χ4n) is 3.61. The fraction of sp³-hybridized carbons (Fsp3) is 0.833. The van der Waals surface area contributed by atoms with Crippen LogP contribution in [-0.4, -0.2) is 29.8 Å². The second-order valence-corrected chi connectivity index (χ2v) is 11.0. The van der Waals surface area contributed by atoms with Crippen molar-refractivity contribution in [2.24, 2.45) is 0 Å². The van der Waals surface area contributed by atoms with Crippen LogP contribution in [0.3, 0.4) is 0 Å². The summed E-state index contributed by atoms with van der Waals surface area (Å²) in [5.74, 6) is -4.49. The SMILES string of the molecule is CCCCCCCCCCCCCCC(F)(F)C(=O)CCCO[P+]([O-])(O)OCC[n+]1ccsc1. The molecule has 1 unspecified atom stereocenters. The second-order valence-electron chi connectivity index (χ2n) is 8.77. The summed E-state index contributed by atoms with van der Waals surface area (Å²) >= 11 is 1.48. The first-order valence-corrected chi connectivity index (χ1v) is 15.1. The van der Waals surface area contributed by atoms with Gasteiger partial charge in [-0.1, -0.05) is 88.9 Å². The van der Waals surface area contributed by atoms with Crippen molar-refractivity contribution in [3.8, 4) is 0 Å². The molecule has 0 saturated carbocycles. The molecule has 0 spiro atoms. The highest BCUT2D eigenvalue weighted by Gasteiger charge is 2.37. The average molecular weight is 527 g/mol. The Kier molecular flexibility index (Phi) is 17.3. The molecule has 0 aliphatic heterocycles. The van der Waals surface area contributed by atoms with Crippen LogP contribution in [0.4, 0.5) is 8.78 Å². The van der Waals surface area contributed by atoms with Crippen LogP contribution in [0.25, 0.3) is 0 Å². The summed E-state index contributed by atoms with van der Waals surface area (Å²) in [5.41, 5.74) is 1.83. The molecule has 0 saturated heterocycles. The van der Waals surface area contributed by atoms with Crippen molar-refractivity contribution < 1.29 is 37.0 Å². The summed E-state index contributed by atoms with van der Waals surface area (Å²) in [6.45, 7) is 2.29. The molecule has 1 N–H and O–H groups in total. The number of hydrogen-bond acceptors (Lipinski definition) is 6. The van der Waals surface area contributed by atoms with Crippen LogP contribution in [-0.2, 0) is 20.4 Å². The van der Waals surface area contributed by atoms with Gasteiger partial charge in [-0.05, 0) is 12.8 Å². The second kappa shape index (κ2) is 18.7. The predicted molar refractivity (Wildman–Crippen MR) is 130 cm³/mol. The van der Waals surface area contributed by atoms with Gasteiger partial charge in [0, 0.05) is 12.8 Å². The Morgan fingerprint density at radius 3 is 2.09 bits per heavy atom. The van der Waals surface area contributed by atoms with E-state index in [1.165, 1.54) is 56.3 Å². The summed E-state index contributed by atoms with van der Waals surface area (Å²) in [6.07, 6.45) is 14.0. The minimum absolute atomic E-state index is 0.0226. The van der Waals surface area contributed by atoms with E-state index in [1.807, 2.05) is 10.9 Å². The number of Topliss-reactive ketones (excluding diaryl/α,β-unsaturated/α-hetero) is 1. The first-order chi connectivity index (χ1) is 16.3. The van der Waals surface area contributed by atoms with Gasteiger partial charge in [0.2, 0.25) is 11.3 Å². The van der Waals surface area contributed by atoms with E-state index in [9.17, 15) is 23.4 Å². The van der Waals surface area contributed by atoms with Crippen molar-refractivity contribution in [3.05, 3.63) is 17.1 Å². The molecule has 1 atom stereocenters. The number of nitrogens with zero attached hydrogens (tertiary/aromatic N) is 1. The summed E-state index contributed by atoms with van der Waals surface area (Å²) in [6, 6.07) is 0. The van der Waals surface area contributed by atoms with Gasteiger partial charge in [-0.15, -0.1) is 0 Å². The third-order valence-corrected chi connectivity index (χ3v) is 7.38. The molecule has 34 heavy (non-hydrogen) atoms. The van der Waals surface area contributed by atoms with Gasteiger partial charge in [-0.3, -0.25) is 4.79 Å². The number of aromatic nitrogens is 1. The summed E-state index contributed by atoms with van der Waals surface area (Å²) in [7, 11) is -4.26. The lowest BCUT2D eigenvalue weighted by molar-refractivity contribution is -0.693. The number of carbonyl (C=O) groups is 1. The van der Waals surface area contributed by atoms with E-state index in [4.69, 9.17) is 9.05 Å². The summed E-state index contributed by atoms with van der Waals surface area (Å²) in [4.78, 5) is 33.3. The Morgan fingerprint density at radius 1 is 0.971 bits per heavy atom. The van der Waals surface area contributed by atoms with Crippen LogP contribution in [0.15, 0.2) is 17.1 Å². The number of carbonyl (C=O) groups excluding carboxylic acids is 1. The third-order valence-electron chi connectivity index (χ3n) is 5.69. The molecule has 198 valence electrons. The zero-order chi connectivity index (χ0) is 25.1. The molecule has 0 bridgehead atoms. The Bertz CT molecular complexity index is 635. The first-order valence-electron chi connectivity index (χ1n) is 12.7. The Morgan fingerprint density at radius 2 is 1.53 bits per heavy atom. The van der Waals surface area contributed by atoms with Crippen molar-refractivity contribution in [2.75, 3.05) is 13.2 Å². The van der Waals surface area contributed by atoms with Gasteiger partial charge in [0.1, 0.15) is 0 Å². The zero-order valence-corrected chi connectivity index (χ0v) is 22.3. The normalized spacial score (nSPS) is 13.8. The molecule has 0 aliphatic rings. The molecule has 0 fully saturated rings. The van der Waals surface area contributed by atoms with Crippen molar-refractivity contribution in [1.29, 1.82) is 0 Å². The van der Waals surface area contributed by atoms with E-state index < -0.39 is 32.7 Å². The number of rotatable bonds is 23. The molecule has 0 aliphatic carbocycles. The van der Waals surface area contributed by atoms with E-state index in [2.05, 4.69) is 6.92 Å². The Hall–Kier alpha value is -0.570. The maximum atomic E-state index is 14.1. The maximum Gasteiger partial charge on any atom is 0.377 e. The van der Waals surface area contributed by atoms with E-state index in [0.29, 0.717) is 19.4 Å². The average Bonchev–Trinajstić information content (AvgIpc) is 3.30. The largest absolute Gasteiger partial charge is 0.606 e. The molecular weight excluding hydrogens is 483 g/mol. The van der Waals surface area contributed by atoms with E-state index in [-0.39, 0.29) is 19.6 Å². The van der Waals surface area contributed by atoms with E-state index >= 15 is 0 Å². The standard InChI is InChI=1S/C24H42F2NO5PS/c1-2-3-4-5-6-7-8-9-10-11-12-13-16-24(25,26)23(28)15-14-19-31-33(29,30)32-20-17-27-18-21-34-22-27/h18,21-22H,2-17,19-20H2,1H3/p+1. The lowest BCUT2D eigenvalue weighted by atomic mass is 10.0. The number of phosphoric ester groups is 1. The first kappa shape index (κ1) is 31.5. The Labute approximate surface area is 208 Å². The molecule has 1 heterocycles. The third kappa shape index (κ3) is 16.2. The lowest BCUT2D eigenvalue weighted by Gasteiger charge is -2.19. The number of halogens is 2. The number of hydrogen-bond donors (Lipinski definition) is 1. The number of alkyl halides is 2. The molecule has 0 aromatic carbocycles. The van der Waals surface area contributed by atoms with Gasteiger partial charge < -0.3 is 4.89 Å². The number of unbranched alkanes of at least 4 members (excludes halogenated alkanes) is 11. The van der Waals surface area contributed by atoms with Crippen LogP contribution in [0.1, 0.15) is 103 Å². The van der Waals surface area contributed by atoms with E-state index in [1.54, 1.807) is 10.8 Å². The Balaban J connectivity index is 2.02. The van der Waals surface area contributed by atoms with Crippen LogP contribution < -0.4 is 9.46 Å². The van der Waals surface area contributed by atoms with Crippen LogP contribution in [0.5, 0.6) is 0 Å². The molecule has 0 amide bonds. The molecule has 10 heteroatoms. The number of ketones is 1. The molecule has 1 rings (SSSR count). The molecule has 0 radical (unpaired) electrons. The molecule has 6 nitrogen and oxygen atoms in total. The highest BCUT2D eigenvalue weighted by Crippen LogP contribution is 2.47. The van der Waals surface area contributed by atoms with Gasteiger partial charge in [-0.25, -0.2) is 0 Å². The van der Waals surface area contributed by atoms with Gasteiger partial charge in [-0.2, -0.15) is 27.3 Å². The minimum Gasteiger partial charge on any atom is -0.606 e. The number of phosphoric acid groups is 1. The van der Waals surface area contributed by atoms with Gasteiger partial charge >= 0.3 is 14.1 Å². The minimum atomic E-state index is -4.26. The number of thiazole rings is 1. The molecule has 1 aromatic rings. The predicted octanol–water partition coefficient (Wildman–Crippen LogP) is 6.17. The summed E-state index contributed by atoms with van der Waals surface area (Å²) in [5, 5.41) is 1.86. The van der Waals surface area contributed by atoms with Crippen molar-refractivity contribution in [1.82, 2.24) is 0 Å². The zero-order valence-electron chi connectivity index (χ0n) is 20.6. The monoisotopic (exact) mass is 526 g/mol. The smallest absolute Gasteiger partial charge is 0.377 e. The highest BCUT2D eigenvalue weighted by molar-refractivity contribution is 7.52. The van der Waals surface area contributed by atoms with Crippen LogP contribution in [0, 0.1) is 0 Å². The van der Waals surface area contributed by atoms with Crippen LogP contribution >= 0.6 is 19.5 Å². The molecular formula is C24H43F2NO5PS+. The van der Waals surface area contributed by atoms with Gasteiger partial charge in [0.25, 0.3) is 0 Å². The van der Waals surface area contributed by atoms with Crippen molar-refractivity contribution in [2.45, 2.75) is 116 Å². The van der Waals surface area contributed by atoms with E-state index in [0.717, 1.165) is 19.3 Å². The maximum absolute atomic E-state index is 14.1. The fourth-order valence-corrected chi connectivity index (χ4v) is 4.99. The van der Waals surface area contributed by atoms with Crippen molar-refractivity contribution >= 4 is 25.3 Å². The highest BCUT2D eigenvalue weighted by atomic mass is 32.1. The van der Waals surface area contributed by atoms with Gasteiger partial charge in [0.05, 0.1) is 12.0 Å². The van der Waals surface area contributed by atoms with Gasteiger partial charge in [0.15, 0.2) is 19.3 Å². The topological polar surface area (TPSA) is 82.7 Å². The summed E-state index contributed by atoms with van der Waals surface area (Å²) < 4.78 is 39.5. The van der Waals surface area contributed by atoms with Crippen LogP contribution in [0.2, 0.25) is 0 Å². The quantitative estimate of drug-likeness (QED) is 0.105. The lowest BCUT2D eigenvalue weighted by Crippen LogP contribution is -2.33. The van der Waals surface area contributed by atoms with Crippen molar-refractivity contribution in [3.63, 3.8) is 0 Å². The molecule has 1 aromatic heterocycles.